The van der Waals surface area contributed by atoms with Gasteiger partial charge in [-0.2, -0.15) is 0 Å². The summed E-state index contributed by atoms with van der Waals surface area (Å²) < 4.78 is 10.0. The van der Waals surface area contributed by atoms with Gasteiger partial charge < -0.3 is 19.9 Å². The van der Waals surface area contributed by atoms with Crippen LogP contribution < -0.4 is 5.32 Å². The molecular weight excluding hydrogens is 250 g/mol. The molecule has 1 heterocycles. The molecule has 1 aromatic carbocycles. The standard InChI is InChI=1S/C13H15NO5/c15-11(16)13(6-7-18-9-13)14-12(17)19-8-10-4-2-1-3-5-10/h1-5H,6-9H2,(H,14,17)(H,15,16)/t13-/m1/s1. The zero-order chi connectivity index (χ0) is 13.7. The van der Waals surface area contributed by atoms with Crippen molar-refractivity contribution in [3.05, 3.63) is 35.9 Å². The number of hydrogen-bond donors (Lipinski definition) is 2. The molecule has 6 nitrogen and oxygen atoms in total. The van der Waals surface area contributed by atoms with Gasteiger partial charge in [0.2, 0.25) is 0 Å². The minimum atomic E-state index is -1.37. The molecule has 2 N–H and O–H groups in total. The number of carbonyl (C=O) groups is 2. The van der Waals surface area contributed by atoms with Crippen LogP contribution in [-0.2, 0) is 20.9 Å². The largest absolute Gasteiger partial charge is 0.479 e. The van der Waals surface area contributed by atoms with Crippen LogP contribution in [0.25, 0.3) is 0 Å². The van der Waals surface area contributed by atoms with Gasteiger partial charge in [-0.3, -0.25) is 0 Å². The zero-order valence-corrected chi connectivity index (χ0v) is 10.3. The van der Waals surface area contributed by atoms with E-state index >= 15 is 0 Å². The lowest BCUT2D eigenvalue weighted by Gasteiger charge is -2.23. The van der Waals surface area contributed by atoms with Crippen molar-refractivity contribution in [3.8, 4) is 0 Å². The van der Waals surface area contributed by atoms with Crippen LogP contribution in [0.15, 0.2) is 30.3 Å². The lowest BCUT2D eigenvalue weighted by molar-refractivity contribution is -0.144. The van der Waals surface area contributed by atoms with Crippen molar-refractivity contribution >= 4 is 12.1 Å². The highest BCUT2D eigenvalue weighted by Gasteiger charge is 2.44. The Balaban J connectivity index is 1.88. The average Bonchev–Trinajstić information content (AvgIpc) is 2.87. The summed E-state index contributed by atoms with van der Waals surface area (Å²) >= 11 is 0. The first-order valence-corrected chi connectivity index (χ1v) is 5.92. The molecule has 0 unspecified atom stereocenters. The van der Waals surface area contributed by atoms with E-state index in [0.717, 1.165) is 5.56 Å². The Hall–Kier alpha value is -2.08. The summed E-state index contributed by atoms with van der Waals surface area (Å²) in [6.07, 6.45) is -0.514. The molecule has 1 saturated heterocycles. The van der Waals surface area contributed by atoms with Gasteiger partial charge in [0.1, 0.15) is 6.61 Å². The molecule has 102 valence electrons. The number of carbonyl (C=O) groups excluding carboxylic acids is 1. The van der Waals surface area contributed by atoms with Gasteiger partial charge in [0, 0.05) is 13.0 Å². The Bertz CT molecular complexity index is 453. The minimum absolute atomic E-state index is 0.0389. The minimum Gasteiger partial charge on any atom is -0.479 e. The Labute approximate surface area is 110 Å². The van der Waals surface area contributed by atoms with Crippen molar-refractivity contribution in [1.82, 2.24) is 5.32 Å². The van der Waals surface area contributed by atoms with Gasteiger partial charge in [-0.25, -0.2) is 9.59 Å². The summed E-state index contributed by atoms with van der Waals surface area (Å²) in [6, 6.07) is 9.16. The first-order valence-electron chi connectivity index (χ1n) is 5.92. The highest BCUT2D eigenvalue weighted by Crippen LogP contribution is 2.19. The molecule has 0 bridgehead atoms. The van der Waals surface area contributed by atoms with Gasteiger partial charge in [0.05, 0.1) is 6.61 Å². The molecule has 0 aromatic heterocycles. The van der Waals surface area contributed by atoms with E-state index < -0.39 is 17.6 Å². The molecule has 1 fully saturated rings. The third kappa shape index (κ3) is 3.23. The van der Waals surface area contributed by atoms with Gasteiger partial charge in [-0.15, -0.1) is 0 Å². The molecule has 2 rings (SSSR count). The van der Waals surface area contributed by atoms with Crippen molar-refractivity contribution in [2.45, 2.75) is 18.6 Å². The van der Waals surface area contributed by atoms with E-state index in [1.165, 1.54) is 0 Å². The molecule has 1 aromatic rings. The average molecular weight is 265 g/mol. The smallest absolute Gasteiger partial charge is 0.408 e. The number of aliphatic carboxylic acids is 1. The maximum Gasteiger partial charge on any atom is 0.408 e. The van der Waals surface area contributed by atoms with E-state index in [-0.39, 0.29) is 19.6 Å². The SMILES string of the molecule is O=C(N[C@]1(C(=O)O)CCOC1)OCc1ccccc1. The highest BCUT2D eigenvalue weighted by atomic mass is 16.6. The van der Waals surface area contributed by atoms with E-state index in [0.29, 0.717) is 6.61 Å². The first kappa shape index (κ1) is 13.4. The summed E-state index contributed by atoms with van der Waals surface area (Å²) in [7, 11) is 0. The lowest BCUT2D eigenvalue weighted by Crippen LogP contribution is -2.55. The summed E-state index contributed by atoms with van der Waals surface area (Å²) in [6.45, 7) is 0.372. The molecule has 0 spiro atoms. The maximum absolute atomic E-state index is 11.6. The van der Waals surface area contributed by atoms with Crippen LogP contribution in [0.3, 0.4) is 0 Å². The molecule has 1 atom stereocenters. The van der Waals surface area contributed by atoms with E-state index in [4.69, 9.17) is 14.6 Å². The van der Waals surface area contributed by atoms with Crippen LogP contribution in [-0.4, -0.2) is 35.9 Å². The van der Waals surface area contributed by atoms with Crippen molar-refractivity contribution in [2.75, 3.05) is 13.2 Å². The summed E-state index contributed by atoms with van der Waals surface area (Å²) in [5.41, 5.74) is -0.530. The van der Waals surface area contributed by atoms with Crippen LogP contribution in [0.4, 0.5) is 4.79 Å². The normalized spacial score (nSPS) is 21.9. The molecule has 1 amide bonds. The Kier molecular flexibility index (Phi) is 4.01. The van der Waals surface area contributed by atoms with Crippen molar-refractivity contribution in [2.24, 2.45) is 0 Å². The number of hydrogen-bond acceptors (Lipinski definition) is 4. The lowest BCUT2D eigenvalue weighted by atomic mass is 10.00. The molecule has 1 aliphatic rings. The second kappa shape index (κ2) is 5.71. The molecule has 1 aliphatic heterocycles. The molecule has 0 radical (unpaired) electrons. The van der Waals surface area contributed by atoms with Gasteiger partial charge in [0.15, 0.2) is 5.54 Å². The van der Waals surface area contributed by atoms with Crippen LogP contribution in [0, 0.1) is 0 Å². The second-order valence-electron chi connectivity index (χ2n) is 4.38. The number of ether oxygens (including phenoxy) is 2. The van der Waals surface area contributed by atoms with Gasteiger partial charge >= 0.3 is 12.1 Å². The Morgan fingerprint density at radius 2 is 2.11 bits per heavy atom. The number of rotatable bonds is 4. The Morgan fingerprint density at radius 3 is 2.68 bits per heavy atom. The van der Waals surface area contributed by atoms with Crippen LogP contribution >= 0.6 is 0 Å². The van der Waals surface area contributed by atoms with Gasteiger partial charge in [-0.05, 0) is 5.56 Å². The van der Waals surface area contributed by atoms with Crippen LogP contribution in [0.2, 0.25) is 0 Å². The predicted octanol–water partition coefficient (Wildman–Crippen LogP) is 1.16. The van der Waals surface area contributed by atoms with Crippen molar-refractivity contribution < 1.29 is 24.2 Å². The predicted molar refractivity (Wildman–Crippen MR) is 65.6 cm³/mol. The second-order valence-corrected chi connectivity index (χ2v) is 4.38. The van der Waals surface area contributed by atoms with Gasteiger partial charge in [0.25, 0.3) is 0 Å². The summed E-state index contributed by atoms with van der Waals surface area (Å²) in [5, 5.41) is 11.5. The summed E-state index contributed by atoms with van der Waals surface area (Å²) in [5.74, 6) is -1.11. The zero-order valence-electron chi connectivity index (χ0n) is 10.3. The van der Waals surface area contributed by atoms with Crippen molar-refractivity contribution in [3.63, 3.8) is 0 Å². The first-order chi connectivity index (χ1) is 9.12. The number of amides is 1. The van der Waals surface area contributed by atoms with Crippen molar-refractivity contribution in [1.29, 1.82) is 0 Å². The molecule has 0 aliphatic carbocycles. The maximum atomic E-state index is 11.6. The number of alkyl carbamates (subject to hydrolysis) is 1. The van der Waals surface area contributed by atoms with E-state index in [1.807, 2.05) is 30.3 Å². The fourth-order valence-electron chi connectivity index (χ4n) is 1.84. The summed E-state index contributed by atoms with van der Waals surface area (Å²) in [4.78, 5) is 22.8. The van der Waals surface area contributed by atoms with E-state index in [1.54, 1.807) is 0 Å². The van der Waals surface area contributed by atoms with E-state index in [2.05, 4.69) is 5.32 Å². The molecule has 6 heteroatoms. The fraction of sp³-hybridized carbons (Fsp3) is 0.385. The van der Waals surface area contributed by atoms with Gasteiger partial charge in [-0.1, -0.05) is 30.3 Å². The number of carboxylic acids is 1. The third-order valence-corrected chi connectivity index (χ3v) is 2.99. The molecule has 19 heavy (non-hydrogen) atoms. The molecule has 0 saturated carbocycles. The van der Waals surface area contributed by atoms with Crippen LogP contribution in [0.1, 0.15) is 12.0 Å². The topological polar surface area (TPSA) is 84.9 Å². The Morgan fingerprint density at radius 1 is 1.37 bits per heavy atom. The monoisotopic (exact) mass is 265 g/mol. The quantitative estimate of drug-likeness (QED) is 0.853. The number of benzene rings is 1. The third-order valence-electron chi connectivity index (χ3n) is 2.99. The number of nitrogens with one attached hydrogen (secondary N) is 1. The van der Waals surface area contributed by atoms with Crippen LogP contribution in [0.5, 0.6) is 0 Å². The highest BCUT2D eigenvalue weighted by molar-refractivity contribution is 5.84. The number of carboxylic acid groups (broad SMARTS) is 1. The van der Waals surface area contributed by atoms with E-state index in [9.17, 15) is 9.59 Å². The molecular formula is C13H15NO5. The fourth-order valence-corrected chi connectivity index (χ4v) is 1.84.